The number of rotatable bonds is 6. The molecule has 1 aliphatic rings. The number of thioether (sulfide) groups is 1. The Morgan fingerprint density at radius 2 is 1.89 bits per heavy atom. The first-order chi connectivity index (χ1) is 9.10. The first-order valence-electron chi connectivity index (χ1n) is 6.57. The minimum atomic E-state index is -0.659. The smallest absolute Gasteiger partial charge is 0.316 e. The van der Waals surface area contributed by atoms with Gasteiger partial charge in [0.25, 0.3) is 0 Å². The van der Waals surface area contributed by atoms with Crippen molar-refractivity contribution in [3.8, 4) is 0 Å². The summed E-state index contributed by atoms with van der Waals surface area (Å²) in [7, 11) is 0. The van der Waals surface area contributed by atoms with Gasteiger partial charge in [-0.1, -0.05) is 6.42 Å². The number of hydrogen-bond acceptors (Lipinski definition) is 6. The summed E-state index contributed by atoms with van der Waals surface area (Å²) in [5.74, 6) is -1.38. The Hall–Kier alpha value is -1.04. The molecule has 0 amide bonds. The van der Waals surface area contributed by atoms with Gasteiger partial charge in [0.05, 0.1) is 24.2 Å². The molecule has 0 spiro atoms. The summed E-state index contributed by atoms with van der Waals surface area (Å²) in [6, 6.07) is 0. The molecule has 0 bridgehead atoms. The zero-order valence-electron chi connectivity index (χ0n) is 11.3. The Morgan fingerprint density at radius 3 is 2.53 bits per heavy atom. The van der Waals surface area contributed by atoms with Crippen LogP contribution in [0.5, 0.6) is 0 Å². The Labute approximate surface area is 117 Å². The lowest BCUT2D eigenvalue weighted by Gasteiger charge is -2.25. The van der Waals surface area contributed by atoms with Crippen molar-refractivity contribution >= 4 is 29.5 Å². The van der Waals surface area contributed by atoms with E-state index in [-0.39, 0.29) is 29.4 Å². The van der Waals surface area contributed by atoms with Crippen LogP contribution < -0.4 is 0 Å². The highest BCUT2D eigenvalue weighted by atomic mass is 32.2. The molecular weight excluding hydrogens is 268 g/mol. The lowest BCUT2D eigenvalue weighted by Crippen LogP contribution is -2.37. The van der Waals surface area contributed by atoms with Crippen molar-refractivity contribution in [2.24, 2.45) is 5.92 Å². The molecule has 0 aromatic rings. The van der Waals surface area contributed by atoms with E-state index in [1.165, 1.54) is 11.8 Å². The number of esters is 2. The maximum atomic E-state index is 12.1. The molecule has 0 N–H and O–H groups in total. The highest BCUT2D eigenvalue weighted by Crippen LogP contribution is 2.30. The Morgan fingerprint density at radius 1 is 1.21 bits per heavy atom. The topological polar surface area (TPSA) is 69.7 Å². The fourth-order valence-electron chi connectivity index (χ4n) is 2.03. The van der Waals surface area contributed by atoms with Gasteiger partial charge in [0.1, 0.15) is 5.92 Å². The fraction of sp³-hybridized carbons (Fsp3) is 0.769. The lowest BCUT2D eigenvalue weighted by atomic mass is 9.87. The first-order valence-corrected chi connectivity index (χ1v) is 7.62. The third-order valence-electron chi connectivity index (χ3n) is 2.90. The largest absolute Gasteiger partial charge is 0.465 e. The van der Waals surface area contributed by atoms with E-state index in [4.69, 9.17) is 9.47 Å². The quantitative estimate of drug-likeness (QED) is 0.546. The summed E-state index contributed by atoms with van der Waals surface area (Å²) in [6.07, 6.45) is 2.06. The maximum absolute atomic E-state index is 12.1. The van der Waals surface area contributed by atoms with Gasteiger partial charge in [-0.3, -0.25) is 14.4 Å². The number of carbonyl (C=O) groups excluding carboxylic acids is 3. The monoisotopic (exact) mass is 288 g/mol. The van der Waals surface area contributed by atoms with Crippen LogP contribution in [0.3, 0.4) is 0 Å². The Kier molecular flexibility index (Phi) is 6.91. The molecule has 1 fully saturated rings. The van der Waals surface area contributed by atoms with Crippen LogP contribution in [0.15, 0.2) is 0 Å². The van der Waals surface area contributed by atoms with Crippen LogP contribution in [0.2, 0.25) is 0 Å². The van der Waals surface area contributed by atoms with E-state index in [2.05, 4.69) is 0 Å². The molecule has 6 heteroatoms. The number of carbonyl (C=O) groups is 3. The van der Waals surface area contributed by atoms with Crippen LogP contribution in [0.4, 0.5) is 0 Å². The van der Waals surface area contributed by atoms with Crippen LogP contribution in [0.1, 0.15) is 33.1 Å². The molecule has 19 heavy (non-hydrogen) atoms. The van der Waals surface area contributed by atoms with Crippen LogP contribution in [0, 0.1) is 5.92 Å². The third-order valence-corrected chi connectivity index (χ3v) is 4.17. The molecule has 2 atom stereocenters. The van der Waals surface area contributed by atoms with E-state index in [1.807, 2.05) is 0 Å². The Balaban J connectivity index is 2.49. The molecule has 1 aliphatic carbocycles. The van der Waals surface area contributed by atoms with Gasteiger partial charge in [0.15, 0.2) is 5.78 Å². The predicted molar refractivity (Wildman–Crippen MR) is 71.9 cm³/mol. The zero-order valence-corrected chi connectivity index (χ0v) is 12.2. The van der Waals surface area contributed by atoms with E-state index in [0.29, 0.717) is 19.4 Å². The molecule has 108 valence electrons. The maximum Gasteiger partial charge on any atom is 0.316 e. The number of Topliss-reactive ketones (excluding diaryl/α,β-unsaturated/α-hetero) is 1. The molecule has 5 nitrogen and oxygen atoms in total. The van der Waals surface area contributed by atoms with Crippen molar-refractivity contribution in [1.82, 2.24) is 0 Å². The van der Waals surface area contributed by atoms with Gasteiger partial charge >= 0.3 is 11.9 Å². The van der Waals surface area contributed by atoms with E-state index >= 15 is 0 Å². The second-order valence-corrected chi connectivity index (χ2v) is 5.43. The SMILES string of the molecule is CCOC(=O)CSC1CCCC(C(=O)OCC)C1=O. The van der Waals surface area contributed by atoms with Crippen molar-refractivity contribution in [1.29, 1.82) is 0 Å². The van der Waals surface area contributed by atoms with Gasteiger partial charge in [0, 0.05) is 0 Å². The predicted octanol–water partition coefficient (Wildman–Crippen LogP) is 1.58. The molecule has 0 aromatic carbocycles. The van der Waals surface area contributed by atoms with Crippen molar-refractivity contribution in [3.05, 3.63) is 0 Å². The number of ketones is 1. The molecule has 0 radical (unpaired) electrons. The van der Waals surface area contributed by atoms with Gasteiger partial charge in [-0.2, -0.15) is 0 Å². The molecule has 0 heterocycles. The molecule has 2 unspecified atom stereocenters. The molecular formula is C13H20O5S. The third kappa shape index (κ3) is 4.86. The average Bonchev–Trinajstić information content (AvgIpc) is 2.38. The minimum Gasteiger partial charge on any atom is -0.465 e. The second-order valence-electron chi connectivity index (χ2n) is 4.24. The van der Waals surface area contributed by atoms with Crippen LogP contribution in [-0.4, -0.2) is 41.9 Å². The summed E-state index contributed by atoms with van der Waals surface area (Å²) in [5.41, 5.74) is 0. The summed E-state index contributed by atoms with van der Waals surface area (Å²) in [6.45, 7) is 4.08. The van der Waals surface area contributed by atoms with E-state index in [9.17, 15) is 14.4 Å². The molecule has 1 saturated carbocycles. The standard InChI is InChI=1S/C13H20O5S/c1-3-17-11(14)8-19-10-7-5-6-9(12(10)15)13(16)18-4-2/h9-10H,3-8H2,1-2H3. The van der Waals surface area contributed by atoms with E-state index in [0.717, 1.165) is 6.42 Å². The van der Waals surface area contributed by atoms with Gasteiger partial charge in [-0.25, -0.2) is 0 Å². The van der Waals surface area contributed by atoms with E-state index in [1.54, 1.807) is 13.8 Å². The van der Waals surface area contributed by atoms with Crippen LogP contribution in [0.25, 0.3) is 0 Å². The molecule has 1 rings (SSSR count). The number of ether oxygens (including phenoxy) is 2. The minimum absolute atomic E-state index is 0.112. The van der Waals surface area contributed by atoms with Crippen molar-refractivity contribution in [3.63, 3.8) is 0 Å². The van der Waals surface area contributed by atoms with Gasteiger partial charge < -0.3 is 9.47 Å². The van der Waals surface area contributed by atoms with Gasteiger partial charge in [0.2, 0.25) is 0 Å². The van der Waals surface area contributed by atoms with Gasteiger partial charge in [-0.05, 0) is 26.7 Å². The van der Waals surface area contributed by atoms with Crippen LogP contribution >= 0.6 is 11.8 Å². The summed E-state index contributed by atoms with van der Waals surface area (Å²) in [5, 5.41) is -0.299. The molecule has 0 aliphatic heterocycles. The Bertz CT molecular complexity index is 342. The molecule has 0 aromatic heterocycles. The molecule has 0 saturated heterocycles. The average molecular weight is 288 g/mol. The first kappa shape index (κ1) is 16.0. The van der Waals surface area contributed by atoms with Gasteiger partial charge in [-0.15, -0.1) is 11.8 Å². The van der Waals surface area contributed by atoms with Crippen LogP contribution in [-0.2, 0) is 23.9 Å². The van der Waals surface area contributed by atoms with Crippen molar-refractivity contribution in [2.45, 2.75) is 38.4 Å². The normalized spacial score (nSPS) is 22.9. The zero-order chi connectivity index (χ0) is 14.3. The second kappa shape index (κ2) is 8.19. The summed E-state index contributed by atoms with van der Waals surface area (Å²) in [4.78, 5) is 35.1. The highest BCUT2D eigenvalue weighted by Gasteiger charge is 2.37. The van der Waals surface area contributed by atoms with E-state index < -0.39 is 11.9 Å². The van der Waals surface area contributed by atoms with Crippen molar-refractivity contribution in [2.75, 3.05) is 19.0 Å². The lowest BCUT2D eigenvalue weighted by molar-refractivity contribution is -0.152. The van der Waals surface area contributed by atoms with Crippen molar-refractivity contribution < 1.29 is 23.9 Å². The number of hydrogen-bond donors (Lipinski definition) is 0. The fourth-order valence-corrected chi connectivity index (χ4v) is 3.11. The summed E-state index contributed by atoms with van der Waals surface area (Å²) < 4.78 is 9.72. The highest BCUT2D eigenvalue weighted by molar-refractivity contribution is 8.01. The summed E-state index contributed by atoms with van der Waals surface area (Å²) >= 11 is 1.26.